The van der Waals surface area contributed by atoms with Crippen LogP contribution in [0.4, 0.5) is 0 Å². The van der Waals surface area contributed by atoms with Gasteiger partial charge in [-0.15, -0.1) is 11.3 Å². The highest BCUT2D eigenvalue weighted by atomic mass is 32.2. The number of hydrazine groups is 1. The van der Waals surface area contributed by atoms with Crippen molar-refractivity contribution in [3.63, 3.8) is 0 Å². The number of nitrogen functional groups attached to an aromatic ring is 1. The molecule has 1 unspecified atom stereocenters. The number of aromatic nitrogens is 1. The number of carbonyl (C=O) groups is 2. The van der Waals surface area contributed by atoms with Gasteiger partial charge < -0.3 is 10.8 Å². The van der Waals surface area contributed by atoms with Gasteiger partial charge in [0, 0.05) is 11.4 Å². The molecule has 112 valence electrons. The van der Waals surface area contributed by atoms with Crippen LogP contribution in [0.1, 0.15) is 33.6 Å². The minimum Gasteiger partial charge on any atom is -0.383 e. The number of nitrogens with one attached hydrogen (secondary N) is 1. The molecule has 20 heavy (non-hydrogen) atoms. The molecule has 0 radical (unpaired) electrons. The van der Waals surface area contributed by atoms with E-state index in [2.05, 4.69) is 4.98 Å². The maximum absolute atomic E-state index is 12.0. The van der Waals surface area contributed by atoms with Gasteiger partial charge in [-0.25, -0.2) is 10.8 Å². The predicted molar refractivity (Wildman–Crippen MR) is 79.7 cm³/mol. The first-order valence-electron chi connectivity index (χ1n) is 6.03. The van der Waals surface area contributed by atoms with E-state index in [0.717, 1.165) is 22.8 Å². The maximum Gasteiger partial charge on any atom is 0.284 e. The van der Waals surface area contributed by atoms with Crippen molar-refractivity contribution in [2.45, 2.75) is 25.5 Å². The summed E-state index contributed by atoms with van der Waals surface area (Å²) in [5.41, 5.74) is 7.75. The molecule has 1 aromatic rings. The van der Waals surface area contributed by atoms with Crippen LogP contribution in [0, 0.1) is 0 Å². The number of amides is 1. The Morgan fingerprint density at radius 3 is 2.90 bits per heavy atom. The summed E-state index contributed by atoms with van der Waals surface area (Å²) in [5.74, 6) is 5.56. The maximum atomic E-state index is 12.0. The van der Waals surface area contributed by atoms with Crippen LogP contribution in [0.3, 0.4) is 0 Å². The van der Waals surface area contributed by atoms with E-state index in [0.29, 0.717) is 6.42 Å². The van der Waals surface area contributed by atoms with Crippen LogP contribution < -0.4 is 17.0 Å². The van der Waals surface area contributed by atoms with Gasteiger partial charge in [-0.3, -0.25) is 15.0 Å². The van der Waals surface area contributed by atoms with Crippen LogP contribution in [-0.2, 0) is 0 Å². The fourth-order valence-corrected chi connectivity index (χ4v) is 2.91. The van der Waals surface area contributed by atoms with Gasteiger partial charge in [-0.2, -0.15) is 11.8 Å². The molecule has 0 spiro atoms. The molecule has 1 aromatic heterocycles. The molecule has 1 rings (SSSR count). The summed E-state index contributed by atoms with van der Waals surface area (Å²) >= 11 is 2.67. The fraction of sp³-hybridized carbons (Fsp3) is 0.545. The van der Waals surface area contributed by atoms with Crippen molar-refractivity contribution < 1.29 is 14.7 Å². The molecular weight excluding hydrogens is 300 g/mol. The third-order valence-corrected chi connectivity index (χ3v) is 4.34. The summed E-state index contributed by atoms with van der Waals surface area (Å²) < 4.78 is 0. The Kier molecular flexibility index (Phi) is 7.10. The van der Waals surface area contributed by atoms with Gasteiger partial charge in [0.25, 0.3) is 5.91 Å². The quantitative estimate of drug-likeness (QED) is 0.171. The van der Waals surface area contributed by atoms with Crippen LogP contribution in [0.2, 0.25) is 0 Å². The fourth-order valence-electron chi connectivity index (χ4n) is 1.41. The zero-order valence-corrected chi connectivity index (χ0v) is 12.7. The molecule has 0 saturated heterocycles. The van der Waals surface area contributed by atoms with Crippen molar-refractivity contribution in [3.8, 4) is 0 Å². The van der Waals surface area contributed by atoms with E-state index in [1.807, 2.05) is 12.3 Å². The molecule has 0 fully saturated rings. The van der Waals surface area contributed by atoms with Crippen molar-refractivity contribution in [2.75, 3.05) is 11.5 Å². The van der Waals surface area contributed by atoms with E-state index < -0.39 is 23.8 Å². The second kappa shape index (κ2) is 8.32. The first-order chi connectivity index (χ1) is 9.51. The molecule has 2 atom stereocenters. The van der Waals surface area contributed by atoms with Crippen LogP contribution >= 0.6 is 23.1 Å². The van der Waals surface area contributed by atoms with E-state index in [-0.39, 0.29) is 10.7 Å². The average Bonchev–Trinajstić information content (AvgIpc) is 2.94. The molecule has 0 aliphatic carbocycles. The zero-order valence-electron chi connectivity index (χ0n) is 11.0. The van der Waals surface area contributed by atoms with Crippen molar-refractivity contribution in [2.24, 2.45) is 11.6 Å². The second-order valence-electron chi connectivity index (χ2n) is 3.97. The Morgan fingerprint density at radius 1 is 1.60 bits per heavy atom. The summed E-state index contributed by atoms with van der Waals surface area (Å²) in [6.07, 6.45) is -0.778. The average molecular weight is 318 g/mol. The molecule has 0 aromatic carbocycles. The van der Waals surface area contributed by atoms with Gasteiger partial charge in [0.05, 0.1) is 0 Å². The van der Waals surface area contributed by atoms with Gasteiger partial charge in [-0.05, 0) is 17.9 Å². The lowest BCUT2D eigenvalue weighted by atomic mass is 10.1. The van der Waals surface area contributed by atoms with Crippen LogP contribution in [-0.4, -0.2) is 45.4 Å². The third kappa shape index (κ3) is 4.53. The van der Waals surface area contributed by atoms with Crippen molar-refractivity contribution >= 4 is 34.8 Å². The number of aliphatic hydroxyl groups is 1. The first-order valence-corrected chi connectivity index (χ1v) is 8.06. The van der Waals surface area contributed by atoms with Gasteiger partial charge in [-0.1, -0.05) is 6.92 Å². The standard InChI is InChI=1S/C11H18N4O3S2/c1-2-19-4-3-6(12)8(16)9(17)11-14-7(5-20-11)10(18)15-13/h5-6,8,16H,2-4,12-13H2,1H3,(H,15,18)/t6-,8?/m1/s1. The third-order valence-electron chi connectivity index (χ3n) is 2.55. The van der Waals surface area contributed by atoms with E-state index in [1.165, 1.54) is 5.38 Å². The minimum absolute atomic E-state index is 0.0446. The number of thioether (sulfide) groups is 1. The smallest absolute Gasteiger partial charge is 0.284 e. The van der Waals surface area contributed by atoms with Crippen molar-refractivity contribution in [1.82, 2.24) is 10.4 Å². The van der Waals surface area contributed by atoms with E-state index >= 15 is 0 Å². The number of thiazole rings is 1. The van der Waals surface area contributed by atoms with Gasteiger partial charge in [0.2, 0.25) is 5.78 Å². The van der Waals surface area contributed by atoms with Crippen molar-refractivity contribution in [1.29, 1.82) is 0 Å². The number of carbonyl (C=O) groups excluding carboxylic acids is 2. The molecule has 0 aliphatic rings. The number of nitrogens with zero attached hydrogens (tertiary/aromatic N) is 1. The lowest BCUT2D eigenvalue weighted by Crippen LogP contribution is -2.41. The first kappa shape index (κ1) is 17.1. The molecule has 7 nitrogen and oxygen atoms in total. The highest BCUT2D eigenvalue weighted by Crippen LogP contribution is 2.15. The lowest BCUT2D eigenvalue weighted by Gasteiger charge is -2.16. The molecule has 0 saturated carbocycles. The van der Waals surface area contributed by atoms with E-state index in [4.69, 9.17) is 11.6 Å². The van der Waals surface area contributed by atoms with Crippen LogP contribution in [0.15, 0.2) is 5.38 Å². The van der Waals surface area contributed by atoms with Gasteiger partial charge in [0.15, 0.2) is 5.01 Å². The largest absolute Gasteiger partial charge is 0.383 e. The zero-order chi connectivity index (χ0) is 15.1. The summed E-state index contributed by atoms with van der Waals surface area (Å²) in [7, 11) is 0. The highest BCUT2D eigenvalue weighted by Gasteiger charge is 2.26. The Morgan fingerprint density at radius 2 is 2.30 bits per heavy atom. The number of rotatable bonds is 8. The molecule has 9 heteroatoms. The topological polar surface area (TPSA) is 131 Å². The summed E-state index contributed by atoms with van der Waals surface area (Å²) in [6.45, 7) is 2.03. The number of Topliss-reactive ketones (excluding diaryl/α,β-unsaturated/α-hetero) is 1. The number of nitrogens with two attached hydrogens (primary N) is 2. The summed E-state index contributed by atoms with van der Waals surface area (Å²) in [5, 5.41) is 11.4. The molecule has 1 amide bonds. The van der Waals surface area contributed by atoms with Crippen LogP contribution in [0.5, 0.6) is 0 Å². The van der Waals surface area contributed by atoms with E-state index in [1.54, 1.807) is 11.8 Å². The molecular formula is C11H18N4O3S2. The minimum atomic E-state index is -1.31. The Labute approximate surface area is 125 Å². The normalized spacial score (nSPS) is 13.8. The summed E-state index contributed by atoms with van der Waals surface area (Å²) in [6, 6.07) is -0.641. The number of hydrogen-bond donors (Lipinski definition) is 4. The summed E-state index contributed by atoms with van der Waals surface area (Å²) in [4.78, 5) is 27.1. The van der Waals surface area contributed by atoms with Crippen LogP contribution in [0.25, 0.3) is 0 Å². The van der Waals surface area contributed by atoms with Crippen molar-refractivity contribution in [3.05, 3.63) is 16.1 Å². The Hall–Kier alpha value is -1.00. The Bertz CT molecular complexity index is 466. The molecule has 0 aliphatic heterocycles. The molecule has 0 bridgehead atoms. The number of ketones is 1. The molecule has 1 heterocycles. The second-order valence-corrected chi connectivity index (χ2v) is 6.22. The highest BCUT2D eigenvalue weighted by molar-refractivity contribution is 7.99. The lowest BCUT2D eigenvalue weighted by molar-refractivity contribution is 0.0691. The molecule has 6 N–H and O–H groups in total. The Balaban J connectivity index is 2.64. The predicted octanol–water partition coefficient (Wildman–Crippen LogP) is -0.239. The van der Waals surface area contributed by atoms with E-state index in [9.17, 15) is 14.7 Å². The van der Waals surface area contributed by atoms with Gasteiger partial charge in [0.1, 0.15) is 11.8 Å². The van der Waals surface area contributed by atoms with Gasteiger partial charge >= 0.3 is 0 Å². The number of hydrogen-bond acceptors (Lipinski definition) is 8. The number of aliphatic hydroxyl groups excluding tert-OH is 1. The SMILES string of the molecule is CCSCC[C@@H](N)C(O)C(=O)c1nc(C(=O)NN)cs1. The monoisotopic (exact) mass is 318 g/mol.